The average Bonchev–Trinajstić information content (AvgIpc) is 3.29. The number of hydrogen-bond acceptors (Lipinski definition) is 7. The third-order valence-electron chi connectivity index (χ3n) is 4.00. The van der Waals surface area contributed by atoms with Crippen molar-refractivity contribution in [1.82, 2.24) is 5.16 Å². The van der Waals surface area contributed by atoms with Gasteiger partial charge in [0, 0.05) is 17.2 Å². The first-order valence-electron chi connectivity index (χ1n) is 7.51. The maximum absolute atomic E-state index is 10.3. The second-order valence-corrected chi connectivity index (χ2v) is 5.37. The summed E-state index contributed by atoms with van der Waals surface area (Å²) in [5, 5.41) is 14.4. The fraction of sp³-hybridized carbons (Fsp3) is 0.167. The maximum Gasteiger partial charge on any atom is 0.231 e. The van der Waals surface area contributed by atoms with E-state index in [9.17, 15) is 5.11 Å². The van der Waals surface area contributed by atoms with Gasteiger partial charge in [-0.25, -0.2) is 0 Å². The van der Waals surface area contributed by atoms with Gasteiger partial charge >= 0.3 is 0 Å². The molecule has 3 aromatic rings. The molecule has 0 aliphatic carbocycles. The molecule has 0 fully saturated rings. The number of phenolic OH excluding ortho intramolecular Hbond substituents is 1. The molecule has 2 aromatic carbocycles. The first-order valence-corrected chi connectivity index (χ1v) is 7.51. The number of fused-ring (bicyclic) bond motifs is 1. The fourth-order valence-electron chi connectivity index (χ4n) is 2.77. The molecule has 25 heavy (non-hydrogen) atoms. The van der Waals surface area contributed by atoms with E-state index in [0.29, 0.717) is 39.8 Å². The highest BCUT2D eigenvalue weighted by molar-refractivity contribution is 5.84. The van der Waals surface area contributed by atoms with Gasteiger partial charge in [0.15, 0.2) is 11.5 Å². The predicted molar refractivity (Wildman–Crippen MR) is 88.3 cm³/mol. The number of ether oxygens (including phenoxy) is 4. The van der Waals surface area contributed by atoms with Crippen LogP contribution in [0.3, 0.4) is 0 Å². The molecule has 1 aliphatic heterocycles. The van der Waals surface area contributed by atoms with Crippen LogP contribution in [0.15, 0.2) is 41.1 Å². The SMILES string of the molecule is COc1ccc(-c2conc2-c2cc(OC)c3c(c2)OCO3)c(O)c1. The molecule has 4 rings (SSSR count). The summed E-state index contributed by atoms with van der Waals surface area (Å²) in [5.74, 6) is 2.30. The standard InChI is InChI=1S/C18H15NO6/c1-21-11-3-4-12(14(20)7-11)13-8-25-19-17(13)10-5-15(22-2)18-16(6-10)23-9-24-18/h3-8,20H,9H2,1-2H3. The van der Waals surface area contributed by atoms with Gasteiger partial charge in [0.1, 0.15) is 23.5 Å². The lowest BCUT2D eigenvalue weighted by atomic mass is 10.0. The molecular formula is C18H15NO6. The lowest BCUT2D eigenvalue weighted by molar-refractivity contribution is 0.171. The predicted octanol–water partition coefficient (Wildman–Crippen LogP) is 3.46. The minimum absolute atomic E-state index is 0.0662. The van der Waals surface area contributed by atoms with Crippen LogP contribution in [0.25, 0.3) is 22.4 Å². The number of methoxy groups -OCH3 is 2. The molecule has 1 N–H and O–H groups in total. The highest BCUT2D eigenvalue weighted by Crippen LogP contribution is 2.46. The average molecular weight is 341 g/mol. The first-order chi connectivity index (χ1) is 12.2. The molecule has 0 spiro atoms. The lowest BCUT2D eigenvalue weighted by Crippen LogP contribution is -1.93. The van der Waals surface area contributed by atoms with Gasteiger partial charge in [0.05, 0.1) is 19.8 Å². The quantitative estimate of drug-likeness (QED) is 0.778. The van der Waals surface area contributed by atoms with Crippen molar-refractivity contribution in [2.75, 3.05) is 21.0 Å². The van der Waals surface area contributed by atoms with Gasteiger partial charge in [-0.3, -0.25) is 0 Å². The van der Waals surface area contributed by atoms with E-state index in [1.54, 1.807) is 31.4 Å². The Morgan fingerprint density at radius 2 is 1.92 bits per heavy atom. The van der Waals surface area contributed by atoms with Crippen molar-refractivity contribution in [1.29, 1.82) is 0 Å². The zero-order valence-electron chi connectivity index (χ0n) is 13.6. The van der Waals surface area contributed by atoms with Gasteiger partial charge in [-0.2, -0.15) is 0 Å². The first kappa shape index (κ1) is 15.2. The minimum atomic E-state index is 0.0662. The molecule has 1 aliphatic rings. The molecule has 128 valence electrons. The summed E-state index contributed by atoms with van der Waals surface area (Å²) in [6, 6.07) is 8.62. The van der Waals surface area contributed by atoms with Crippen LogP contribution >= 0.6 is 0 Å². The molecule has 7 heteroatoms. The van der Waals surface area contributed by atoms with Gasteiger partial charge < -0.3 is 28.6 Å². The fourth-order valence-corrected chi connectivity index (χ4v) is 2.77. The van der Waals surface area contributed by atoms with Crippen LogP contribution in [0.4, 0.5) is 0 Å². The Morgan fingerprint density at radius 1 is 1.04 bits per heavy atom. The van der Waals surface area contributed by atoms with Crippen molar-refractivity contribution in [3.05, 3.63) is 36.6 Å². The summed E-state index contributed by atoms with van der Waals surface area (Å²) < 4.78 is 26.5. The lowest BCUT2D eigenvalue weighted by Gasteiger charge is -2.09. The van der Waals surface area contributed by atoms with Crippen molar-refractivity contribution in [2.24, 2.45) is 0 Å². The summed E-state index contributed by atoms with van der Waals surface area (Å²) in [7, 11) is 3.10. The third-order valence-corrected chi connectivity index (χ3v) is 4.00. The van der Waals surface area contributed by atoms with Crippen LogP contribution in [0.5, 0.6) is 28.7 Å². The molecule has 0 bridgehead atoms. The van der Waals surface area contributed by atoms with Crippen molar-refractivity contribution < 1.29 is 28.6 Å². The van der Waals surface area contributed by atoms with Crippen molar-refractivity contribution >= 4 is 0 Å². The van der Waals surface area contributed by atoms with Crippen LogP contribution in [-0.4, -0.2) is 31.3 Å². The van der Waals surface area contributed by atoms with E-state index in [1.165, 1.54) is 19.4 Å². The van der Waals surface area contributed by atoms with Gasteiger partial charge in [0.2, 0.25) is 12.5 Å². The van der Waals surface area contributed by atoms with Crippen LogP contribution in [-0.2, 0) is 0 Å². The highest BCUT2D eigenvalue weighted by atomic mass is 16.7. The summed E-state index contributed by atoms with van der Waals surface area (Å²) >= 11 is 0. The molecular weight excluding hydrogens is 326 g/mol. The Labute approximate surface area is 143 Å². The smallest absolute Gasteiger partial charge is 0.231 e. The van der Waals surface area contributed by atoms with Gasteiger partial charge in [-0.05, 0) is 24.3 Å². The van der Waals surface area contributed by atoms with E-state index >= 15 is 0 Å². The van der Waals surface area contributed by atoms with Crippen molar-refractivity contribution in [3.8, 4) is 51.1 Å². The second-order valence-electron chi connectivity index (χ2n) is 5.37. The molecule has 1 aromatic heterocycles. The van der Waals surface area contributed by atoms with Crippen molar-refractivity contribution in [2.45, 2.75) is 0 Å². The number of hydrogen-bond donors (Lipinski definition) is 1. The van der Waals surface area contributed by atoms with Crippen LogP contribution in [0, 0.1) is 0 Å². The highest BCUT2D eigenvalue weighted by Gasteiger charge is 2.23. The number of aromatic nitrogens is 1. The van der Waals surface area contributed by atoms with Crippen LogP contribution in [0.1, 0.15) is 0 Å². The van der Waals surface area contributed by atoms with Crippen molar-refractivity contribution in [3.63, 3.8) is 0 Å². The topological polar surface area (TPSA) is 83.2 Å². The number of rotatable bonds is 4. The summed E-state index contributed by atoms with van der Waals surface area (Å²) in [6.45, 7) is 0.139. The third kappa shape index (κ3) is 2.50. The van der Waals surface area contributed by atoms with E-state index in [4.69, 9.17) is 23.5 Å². The van der Waals surface area contributed by atoms with E-state index in [0.717, 1.165) is 5.56 Å². The maximum atomic E-state index is 10.3. The van der Waals surface area contributed by atoms with Crippen LogP contribution < -0.4 is 18.9 Å². The number of benzene rings is 2. The molecule has 0 atom stereocenters. The Kier molecular flexibility index (Phi) is 3.61. The van der Waals surface area contributed by atoms with Gasteiger partial charge in [-0.1, -0.05) is 5.16 Å². The number of aromatic hydroxyl groups is 1. The van der Waals surface area contributed by atoms with E-state index < -0.39 is 0 Å². The van der Waals surface area contributed by atoms with Gasteiger partial charge in [0.25, 0.3) is 0 Å². The second kappa shape index (κ2) is 5.94. The normalized spacial score (nSPS) is 12.2. The molecule has 0 unspecified atom stereocenters. The van der Waals surface area contributed by atoms with E-state index in [2.05, 4.69) is 5.16 Å². The monoisotopic (exact) mass is 341 g/mol. The molecule has 0 radical (unpaired) electrons. The Bertz CT molecular complexity index is 933. The summed E-state index contributed by atoms with van der Waals surface area (Å²) in [5.41, 5.74) is 2.49. The zero-order chi connectivity index (χ0) is 17.4. The largest absolute Gasteiger partial charge is 0.507 e. The Balaban J connectivity index is 1.83. The number of nitrogens with zero attached hydrogens (tertiary/aromatic N) is 1. The number of phenols is 1. The van der Waals surface area contributed by atoms with Gasteiger partial charge in [-0.15, -0.1) is 0 Å². The summed E-state index contributed by atoms with van der Waals surface area (Å²) in [6.07, 6.45) is 1.48. The minimum Gasteiger partial charge on any atom is -0.507 e. The summed E-state index contributed by atoms with van der Waals surface area (Å²) in [4.78, 5) is 0. The molecule has 2 heterocycles. The molecule has 7 nitrogen and oxygen atoms in total. The Hall–Kier alpha value is -3.35. The molecule has 0 saturated heterocycles. The Morgan fingerprint density at radius 3 is 2.68 bits per heavy atom. The van der Waals surface area contributed by atoms with E-state index in [-0.39, 0.29) is 12.5 Å². The van der Waals surface area contributed by atoms with E-state index in [1.807, 2.05) is 0 Å². The molecule has 0 amide bonds. The molecule has 0 saturated carbocycles. The van der Waals surface area contributed by atoms with Crippen LogP contribution in [0.2, 0.25) is 0 Å². The zero-order valence-corrected chi connectivity index (χ0v) is 13.6.